The second kappa shape index (κ2) is 6.38. The molecule has 0 aliphatic heterocycles. The fraction of sp³-hybridized carbons (Fsp3) is 0.385. The van der Waals surface area contributed by atoms with E-state index in [0.717, 1.165) is 0 Å². The molecule has 21 heavy (non-hydrogen) atoms. The second-order valence-electron chi connectivity index (χ2n) is 4.31. The SMILES string of the molecule is C=C(CNC)COc1cc(C(F)(F)F)cc(C(F)(F)F)c1. The van der Waals surface area contributed by atoms with Gasteiger partial charge in [-0.25, -0.2) is 0 Å². The van der Waals surface area contributed by atoms with Crippen molar-refractivity contribution < 1.29 is 31.1 Å². The van der Waals surface area contributed by atoms with Crippen molar-refractivity contribution in [2.75, 3.05) is 20.2 Å². The lowest BCUT2D eigenvalue weighted by Crippen LogP contribution is -2.15. The summed E-state index contributed by atoms with van der Waals surface area (Å²) in [6.45, 7) is 3.73. The molecule has 0 aromatic heterocycles. The summed E-state index contributed by atoms with van der Waals surface area (Å²) in [5.74, 6) is -0.505. The molecule has 1 N–H and O–H groups in total. The molecule has 0 unspecified atom stereocenters. The highest BCUT2D eigenvalue weighted by atomic mass is 19.4. The van der Waals surface area contributed by atoms with Gasteiger partial charge in [-0.2, -0.15) is 26.3 Å². The quantitative estimate of drug-likeness (QED) is 0.658. The van der Waals surface area contributed by atoms with Crippen molar-refractivity contribution >= 4 is 0 Å². The van der Waals surface area contributed by atoms with E-state index in [1.165, 1.54) is 0 Å². The summed E-state index contributed by atoms with van der Waals surface area (Å²) in [6, 6.07) is 1.11. The molecule has 1 aromatic carbocycles. The van der Waals surface area contributed by atoms with E-state index in [2.05, 4.69) is 11.9 Å². The standard InChI is InChI=1S/C13H13F6NO/c1-8(6-20-2)7-21-11-4-9(12(14,15)16)3-10(5-11)13(17,18)19/h3-5,20H,1,6-7H2,2H3. The van der Waals surface area contributed by atoms with Gasteiger partial charge in [0.2, 0.25) is 0 Å². The Morgan fingerprint density at radius 2 is 1.52 bits per heavy atom. The van der Waals surface area contributed by atoms with Gasteiger partial charge in [-0.3, -0.25) is 0 Å². The summed E-state index contributed by atoms with van der Waals surface area (Å²) < 4.78 is 80.6. The average molecular weight is 313 g/mol. The lowest BCUT2D eigenvalue weighted by atomic mass is 10.1. The molecule has 0 amide bonds. The van der Waals surface area contributed by atoms with Gasteiger partial charge in [0.05, 0.1) is 11.1 Å². The number of benzene rings is 1. The Morgan fingerprint density at radius 1 is 1.05 bits per heavy atom. The molecular weight excluding hydrogens is 300 g/mol. The summed E-state index contributed by atoms with van der Waals surface area (Å²) in [7, 11) is 1.62. The Balaban J connectivity index is 3.06. The fourth-order valence-corrected chi connectivity index (χ4v) is 1.50. The number of nitrogens with one attached hydrogen (secondary N) is 1. The molecule has 0 saturated carbocycles. The fourth-order valence-electron chi connectivity index (χ4n) is 1.50. The van der Waals surface area contributed by atoms with Gasteiger partial charge in [-0.05, 0) is 30.8 Å². The molecule has 0 atom stereocenters. The minimum absolute atomic E-state index is 0.0509. The van der Waals surface area contributed by atoms with E-state index < -0.39 is 29.2 Å². The Labute approximate surface area is 117 Å². The lowest BCUT2D eigenvalue weighted by Gasteiger charge is -2.15. The van der Waals surface area contributed by atoms with Crippen molar-refractivity contribution in [2.45, 2.75) is 12.4 Å². The van der Waals surface area contributed by atoms with E-state index in [-0.39, 0.29) is 12.7 Å². The first kappa shape index (κ1) is 17.4. The van der Waals surface area contributed by atoms with Crippen molar-refractivity contribution in [3.05, 3.63) is 41.5 Å². The van der Waals surface area contributed by atoms with Gasteiger partial charge in [0, 0.05) is 6.54 Å². The molecule has 0 saturated heterocycles. The molecule has 2 nitrogen and oxygen atoms in total. The monoisotopic (exact) mass is 313 g/mol. The van der Waals surface area contributed by atoms with Crippen LogP contribution in [0.3, 0.4) is 0 Å². The number of halogens is 6. The lowest BCUT2D eigenvalue weighted by molar-refractivity contribution is -0.143. The molecule has 0 radical (unpaired) electrons. The van der Waals surface area contributed by atoms with Crippen LogP contribution in [0, 0.1) is 0 Å². The summed E-state index contributed by atoms with van der Waals surface area (Å²) in [5, 5.41) is 2.74. The van der Waals surface area contributed by atoms with E-state index in [4.69, 9.17) is 4.74 Å². The van der Waals surface area contributed by atoms with Crippen LogP contribution in [0.5, 0.6) is 5.75 Å². The van der Waals surface area contributed by atoms with Gasteiger partial charge < -0.3 is 10.1 Å². The second-order valence-corrected chi connectivity index (χ2v) is 4.31. The molecule has 1 aromatic rings. The van der Waals surface area contributed by atoms with Crippen molar-refractivity contribution in [1.82, 2.24) is 5.32 Å². The van der Waals surface area contributed by atoms with Crippen LogP contribution in [0.2, 0.25) is 0 Å². The van der Waals surface area contributed by atoms with Crippen LogP contribution in [0.15, 0.2) is 30.4 Å². The number of rotatable bonds is 5. The zero-order chi connectivity index (χ0) is 16.3. The first-order chi connectivity index (χ1) is 9.54. The number of alkyl halides is 6. The number of likely N-dealkylation sites (N-methyl/N-ethyl adjacent to an activating group) is 1. The maximum Gasteiger partial charge on any atom is 0.416 e. The first-order valence-corrected chi connectivity index (χ1v) is 5.77. The molecule has 1 rings (SSSR count). The molecule has 0 aliphatic rings. The summed E-state index contributed by atoms with van der Waals surface area (Å²) in [4.78, 5) is 0. The zero-order valence-electron chi connectivity index (χ0n) is 11.0. The highest BCUT2D eigenvalue weighted by Gasteiger charge is 2.37. The van der Waals surface area contributed by atoms with Crippen molar-refractivity contribution in [1.29, 1.82) is 0 Å². The molecule has 118 valence electrons. The van der Waals surface area contributed by atoms with Gasteiger partial charge in [0.25, 0.3) is 0 Å². The third kappa shape index (κ3) is 5.30. The number of ether oxygens (including phenoxy) is 1. The number of hydrogen-bond acceptors (Lipinski definition) is 2. The highest BCUT2D eigenvalue weighted by Crippen LogP contribution is 2.38. The topological polar surface area (TPSA) is 21.3 Å². The van der Waals surface area contributed by atoms with Gasteiger partial charge in [0.1, 0.15) is 12.4 Å². The van der Waals surface area contributed by atoms with Crippen LogP contribution < -0.4 is 10.1 Å². The molecule has 0 heterocycles. The molecule has 8 heteroatoms. The molecule has 0 bridgehead atoms. The van der Waals surface area contributed by atoms with Crippen LogP contribution >= 0.6 is 0 Å². The number of hydrogen-bond donors (Lipinski definition) is 1. The Morgan fingerprint density at radius 3 is 1.90 bits per heavy atom. The third-order valence-electron chi connectivity index (χ3n) is 2.43. The summed E-state index contributed by atoms with van der Waals surface area (Å²) in [5.41, 5.74) is -2.33. The van der Waals surface area contributed by atoms with E-state index in [0.29, 0.717) is 24.3 Å². The van der Waals surface area contributed by atoms with Crippen molar-refractivity contribution in [3.63, 3.8) is 0 Å². The van der Waals surface area contributed by atoms with E-state index >= 15 is 0 Å². The van der Waals surface area contributed by atoms with Crippen molar-refractivity contribution in [2.24, 2.45) is 0 Å². The maximum absolute atomic E-state index is 12.6. The van der Waals surface area contributed by atoms with Gasteiger partial charge in [-0.15, -0.1) is 0 Å². The molecule has 0 spiro atoms. The Hall–Kier alpha value is -1.70. The van der Waals surface area contributed by atoms with E-state index in [1.54, 1.807) is 7.05 Å². The van der Waals surface area contributed by atoms with Crippen LogP contribution in [0.4, 0.5) is 26.3 Å². The summed E-state index contributed by atoms with van der Waals surface area (Å²) in [6.07, 6.45) is -9.78. The van der Waals surface area contributed by atoms with Crippen LogP contribution in [0.25, 0.3) is 0 Å². The molecule has 0 aliphatic carbocycles. The summed E-state index contributed by atoms with van der Waals surface area (Å²) >= 11 is 0. The smallest absolute Gasteiger partial charge is 0.416 e. The third-order valence-corrected chi connectivity index (χ3v) is 2.43. The van der Waals surface area contributed by atoms with E-state index in [1.807, 2.05) is 0 Å². The van der Waals surface area contributed by atoms with Crippen LogP contribution in [-0.2, 0) is 12.4 Å². The Kier molecular flexibility index (Phi) is 5.27. The van der Waals surface area contributed by atoms with Gasteiger partial charge in [-0.1, -0.05) is 6.58 Å². The van der Waals surface area contributed by atoms with Crippen molar-refractivity contribution in [3.8, 4) is 5.75 Å². The largest absolute Gasteiger partial charge is 0.489 e. The predicted octanol–water partition coefficient (Wildman–Crippen LogP) is 3.88. The average Bonchev–Trinajstić information content (AvgIpc) is 2.34. The van der Waals surface area contributed by atoms with Crippen LogP contribution in [0.1, 0.15) is 11.1 Å². The van der Waals surface area contributed by atoms with Gasteiger partial charge >= 0.3 is 12.4 Å². The predicted molar refractivity (Wildman–Crippen MR) is 65.0 cm³/mol. The minimum Gasteiger partial charge on any atom is -0.489 e. The van der Waals surface area contributed by atoms with Crippen LogP contribution in [-0.4, -0.2) is 20.2 Å². The highest BCUT2D eigenvalue weighted by molar-refractivity contribution is 5.37. The van der Waals surface area contributed by atoms with Gasteiger partial charge in [0.15, 0.2) is 0 Å². The Bertz CT molecular complexity index is 474. The normalized spacial score (nSPS) is 12.3. The van der Waals surface area contributed by atoms with E-state index in [9.17, 15) is 26.3 Å². The zero-order valence-corrected chi connectivity index (χ0v) is 11.0. The first-order valence-electron chi connectivity index (χ1n) is 5.77. The minimum atomic E-state index is -4.89. The molecule has 0 fully saturated rings. The maximum atomic E-state index is 12.6. The molecular formula is C13H13F6NO.